The van der Waals surface area contributed by atoms with Gasteiger partial charge in [0.25, 0.3) is 11.8 Å². The molecule has 0 N–H and O–H groups in total. The van der Waals surface area contributed by atoms with E-state index in [1.165, 1.54) is 4.90 Å². The molecule has 8 heteroatoms. The van der Waals surface area contributed by atoms with Crippen molar-refractivity contribution in [1.82, 2.24) is 9.88 Å². The summed E-state index contributed by atoms with van der Waals surface area (Å²) in [6, 6.07) is 18.9. The van der Waals surface area contributed by atoms with E-state index < -0.39 is 12.1 Å². The van der Waals surface area contributed by atoms with Gasteiger partial charge >= 0.3 is 0 Å². The number of aromatic nitrogens is 1. The Morgan fingerprint density at radius 3 is 2.28 bits per heavy atom. The lowest BCUT2D eigenvalue weighted by molar-refractivity contribution is -0.205. The highest BCUT2D eigenvalue weighted by Gasteiger charge is 2.54. The van der Waals surface area contributed by atoms with Crippen molar-refractivity contribution < 1.29 is 28.5 Å². The standard InChI is InChI=1S/C31H30N2O6/c1-31(2)38-27-24(16-17-33-28(34)22-6-4-5-7-23(22)29(33)35)25(37-30(27)39-31)14-10-19-8-11-20(12-9-19)21-13-15-26(36-3)32-18-21/h4-15,18,24-25,27,30H,16-17H2,1-3H3/b14-10+/t24-,25+,27-,30-/m0/s1. The number of carbonyl (C=O) groups excluding carboxylic acids is 2. The van der Waals surface area contributed by atoms with Crippen molar-refractivity contribution in [2.24, 2.45) is 5.92 Å². The molecule has 2 fully saturated rings. The number of hydrogen-bond acceptors (Lipinski definition) is 7. The van der Waals surface area contributed by atoms with Crippen LogP contribution in [-0.2, 0) is 14.2 Å². The highest BCUT2D eigenvalue weighted by molar-refractivity contribution is 6.21. The first kappa shape index (κ1) is 25.4. The summed E-state index contributed by atoms with van der Waals surface area (Å²) in [4.78, 5) is 31.4. The minimum absolute atomic E-state index is 0.0954. The molecule has 3 aromatic rings. The molecule has 2 amide bonds. The maximum Gasteiger partial charge on any atom is 0.261 e. The molecule has 0 unspecified atom stereocenters. The van der Waals surface area contributed by atoms with Gasteiger partial charge in [-0.3, -0.25) is 14.5 Å². The number of nitrogens with zero attached hydrogens (tertiary/aromatic N) is 2. The Morgan fingerprint density at radius 2 is 1.64 bits per heavy atom. The largest absolute Gasteiger partial charge is 0.481 e. The predicted molar refractivity (Wildman–Crippen MR) is 144 cm³/mol. The number of benzene rings is 2. The third kappa shape index (κ3) is 4.87. The van der Waals surface area contributed by atoms with Crippen LogP contribution in [0.3, 0.4) is 0 Å². The monoisotopic (exact) mass is 526 g/mol. The van der Waals surface area contributed by atoms with Crippen LogP contribution in [0.2, 0.25) is 0 Å². The van der Waals surface area contributed by atoms with E-state index in [1.807, 2.05) is 62.4 Å². The maximum atomic E-state index is 12.9. The van der Waals surface area contributed by atoms with Crippen LogP contribution < -0.4 is 4.74 Å². The average molecular weight is 527 g/mol. The van der Waals surface area contributed by atoms with Crippen LogP contribution in [0.25, 0.3) is 17.2 Å². The number of amides is 2. The number of imide groups is 1. The third-order valence-electron chi connectivity index (χ3n) is 7.46. The molecule has 3 aliphatic rings. The van der Waals surface area contributed by atoms with E-state index in [9.17, 15) is 9.59 Å². The first-order valence-electron chi connectivity index (χ1n) is 13.1. The van der Waals surface area contributed by atoms with Crippen molar-refractivity contribution in [2.45, 2.75) is 44.6 Å². The molecular formula is C31H30N2O6. The van der Waals surface area contributed by atoms with Gasteiger partial charge in [-0.15, -0.1) is 0 Å². The van der Waals surface area contributed by atoms with Gasteiger partial charge in [-0.1, -0.05) is 48.6 Å². The van der Waals surface area contributed by atoms with Gasteiger partial charge in [0.05, 0.1) is 24.3 Å². The summed E-state index contributed by atoms with van der Waals surface area (Å²) in [5.74, 6) is -0.789. The number of fused-ring (bicyclic) bond motifs is 2. The molecule has 0 spiro atoms. The number of pyridine rings is 1. The number of methoxy groups -OCH3 is 1. The molecule has 4 heterocycles. The molecule has 4 atom stereocenters. The quantitative estimate of drug-likeness (QED) is 0.403. The number of hydrogen-bond donors (Lipinski definition) is 0. The van der Waals surface area contributed by atoms with E-state index in [4.69, 9.17) is 18.9 Å². The van der Waals surface area contributed by atoms with E-state index in [-0.39, 0.29) is 36.5 Å². The fraction of sp³-hybridized carbons (Fsp3) is 0.323. The van der Waals surface area contributed by atoms with Crippen LogP contribution in [-0.4, -0.2) is 59.6 Å². The lowest BCUT2D eigenvalue weighted by atomic mass is 9.93. The fourth-order valence-corrected chi connectivity index (χ4v) is 5.50. The molecule has 0 bridgehead atoms. The molecule has 2 aromatic carbocycles. The topological polar surface area (TPSA) is 87.2 Å². The number of carbonyl (C=O) groups is 2. The Labute approximate surface area is 227 Å². The summed E-state index contributed by atoms with van der Waals surface area (Å²) in [5, 5.41) is 0. The maximum absolute atomic E-state index is 12.9. The lowest BCUT2D eigenvalue weighted by Crippen LogP contribution is -2.36. The van der Waals surface area contributed by atoms with Crippen molar-refractivity contribution in [3.8, 4) is 17.0 Å². The molecule has 1 aromatic heterocycles. The zero-order chi connectivity index (χ0) is 27.1. The van der Waals surface area contributed by atoms with E-state index in [1.54, 1.807) is 37.6 Å². The number of rotatable bonds is 7. The molecule has 6 rings (SSSR count). The normalized spacial score (nSPS) is 25.4. The Bertz CT molecular complexity index is 1380. The minimum atomic E-state index is -0.760. The van der Waals surface area contributed by atoms with Crippen LogP contribution in [0, 0.1) is 5.92 Å². The molecule has 3 aliphatic heterocycles. The Morgan fingerprint density at radius 1 is 0.949 bits per heavy atom. The highest BCUT2D eigenvalue weighted by atomic mass is 16.8. The van der Waals surface area contributed by atoms with Crippen molar-refractivity contribution in [3.63, 3.8) is 0 Å². The van der Waals surface area contributed by atoms with Crippen LogP contribution in [0.5, 0.6) is 5.88 Å². The Kier molecular flexibility index (Phi) is 6.54. The minimum Gasteiger partial charge on any atom is -0.481 e. The zero-order valence-electron chi connectivity index (χ0n) is 22.1. The molecule has 0 radical (unpaired) electrons. The van der Waals surface area contributed by atoms with E-state index in [0.717, 1.165) is 16.7 Å². The fourth-order valence-electron chi connectivity index (χ4n) is 5.50. The molecule has 2 saturated heterocycles. The zero-order valence-corrected chi connectivity index (χ0v) is 22.1. The summed E-state index contributed by atoms with van der Waals surface area (Å²) >= 11 is 0. The molecule has 8 nitrogen and oxygen atoms in total. The molecule has 0 saturated carbocycles. The van der Waals surface area contributed by atoms with Crippen molar-refractivity contribution in [1.29, 1.82) is 0 Å². The summed E-state index contributed by atoms with van der Waals surface area (Å²) in [5.41, 5.74) is 3.98. The van der Waals surface area contributed by atoms with Gasteiger partial charge in [0.15, 0.2) is 12.1 Å². The van der Waals surface area contributed by atoms with Crippen LogP contribution in [0.1, 0.15) is 46.5 Å². The average Bonchev–Trinajstić information content (AvgIpc) is 3.51. The predicted octanol–water partition coefficient (Wildman–Crippen LogP) is 4.95. The lowest BCUT2D eigenvalue weighted by Gasteiger charge is -2.25. The van der Waals surface area contributed by atoms with Crippen LogP contribution in [0.4, 0.5) is 0 Å². The van der Waals surface area contributed by atoms with Gasteiger partial charge in [0, 0.05) is 30.3 Å². The van der Waals surface area contributed by atoms with Gasteiger partial charge in [-0.25, -0.2) is 4.98 Å². The second kappa shape index (κ2) is 10.0. The summed E-state index contributed by atoms with van der Waals surface area (Å²) in [6.07, 6.45) is 5.25. The smallest absolute Gasteiger partial charge is 0.261 e. The van der Waals surface area contributed by atoms with Crippen molar-refractivity contribution in [3.05, 3.63) is 89.6 Å². The summed E-state index contributed by atoms with van der Waals surface area (Å²) < 4.78 is 23.6. The van der Waals surface area contributed by atoms with Gasteiger partial charge in [-0.2, -0.15) is 0 Å². The summed E-state index contributed by atoms with van der Waals surface area (Å²) in [7, 11) is 1.60. The van der Waals surface area contributed by atoms with Crippen molar-refractivity contribution in [2.75, 3.05) is 13.7 Å². The van der Waals surface area contributed by atoms with Gasteiger partial charge in [0.2, 0.25) is 5.88 Å². The Balaban J connectivity index is 1.17. The first-order valence-corrected chi connectivity index (χ1v) is 13.1. The molecular weight excluding hydrogens is 496 g/mol. The summed E-state index contributed by atoms with van der Waals surface area (Å²) in [6.45, 7) is 4.00. The van der Waals surface area contributed by atoms with Crippen LogP contribution in [0.15, 0.2) is 72.9 Å². The van der Waals surface area contributed by atoms with Crippen molar-refractivity contribution >= 4 is 17.9 Å². The number of ether oxygens (including phenoxy) is 4. The molecule has 200 valence electrons. The van der Waals surface area contributed by atoms with Gasteiger partial charge < -0.3 is 18.9 Å². The van der Waals surface area contributed by atoms with Gasteiger partial charge in [0.1, 0.15) is 6.10 Å². The van der Waals surface area contributed by atoms with Crippen LogP contribution >= 0.6 is 0 Å². The van der Waals surface area contributed by atoms with Gasteiger partial charge in [-0.05, 0) is 49.6 Å². The van der Waals surface area contributed by atoms with E-state index in [2.05, 4.69) is 4.98 Å². The SMILES string of the molecule is COc1ccc(-c2ccc(/C=C/[C@H]3O[C@H]4OC(C)(C)O[C@H]4[C@H]3CCN3C(=O)c4ccccc4C3=O)cc2)cn1. The second-order valence-electron chi connectivity index (χ2n) is 10.4. The Hall–Kier alpha value is -3.85. The highest BCUT2D eigenvalue weighted by Crippen LogP contribution is 2.43. The first-order chi connectivity index (χ1) is 18.8. The van der Waals surface area contributed by atoms with E-state index in [0.29, 0.717) is 23.4 Å². The molecule has 39 heavy (non-hydrogen) atoms. The van der Waals surface area contributed by atoms with E-state index >= 15 is 0 Å². The second-order valence-corrected chi connectivity index (χ2v) is 10.4. The molecule has 0 aliphatic carbocycles. The third-order valence-corrected chi connectivity index (χ3v) is 7.46.